The molecular weight excluding hydrogens is 318 g/mol. The van der Waals surface area contributed by atoms with Crippen LogP contribution in [0.3, 0.4) is 0 Å². The molecular formula is C19H21N3O3. The van der Waals surface area contributed by atoms with Gasteiger partial charge in [0.1, 0.15) is 5.75 Å². The first-order valence-electron chi connectivity index (χ1n) is 8.23. The average Bonchev–Trinajstić information content (AvgIpc) is 3.02. The van der Waals surface area contributed by atoms with Crippen LogP contribution < -0.4 is 10.1 Å². The van der Waals surface area contributed by atoms with Crippen molar-refractivity contribution in [3.8, 4) is 5.75 Å². The lowest BCUT2D eigenvalue weighted by atomic mass is 10.1. The molecule has 3 rings (SSSR count). The van der Waals surface area contributed by atoms with E-state index < -0.39 is 0 Å². The second-order valence-corrected chi connectivity index (χ2v) is 6.10. The van der Waals surface area contributed by atoms with Gasteiger partial charge in [0, 0.05) is 38.4 Å². The fourth-order valence-corrected chi connectivity index (χ4v) is 2.89. The molecule has 0 radical (unpaired) electrons. The van der Waals surface area contributed by atoms with E-state index in [1.807, 2.05) is 36.4 Å². The third kappa shape index (κ3) is 4.35. The number of pyridine rings is 1. The highest BCUT2D eigenvalue weighted by atomic mass is 16.5. The smallest absolute Gasteiger partial charge is 0.225 e. The first-order valence-corrected chi connectivity index (χ1v) is 8.23. The number of carbonyl (C=O) groups is 2. The molecule has 6 heteroatoms. The number of likely N-dealkylation sites (tertiary alicyclic amines) is 1. The first-order chi connectivity index (χ1) is 12.2. The Bertz CT molecular complexity index is 731. The maximum Gasteiger partial charge on any atom is 0.225 e. The Morgan fingerprint density at radius 2 is 2.08 bits per heavy atom. The molecule has 1 fully saturated rings. The van der Waals surface area contributed by atoms with E-state index in [0.717, 1.165) is 16.9 Å². The molecule has 2 heterocycles. The molecule has 1 saturated heterocycles. The van der Waals surface area contributed by atoms with E-state index in [0.29, 0.717) is 19.6 Å². The number of nitrogens with zero attached hydrogens (tertiary/aromatic N) is 2. The largest absolute Gasteiger partial charge is 0.497 e. The van der Waals surface area contributed by atoms with Crippen molar-refractivity contribution in [3.63, 3.8) is 0 Å². The van der Waals surface area contributed by atoms with Crippen LogP contribution in [-0.4, -0.2) is 35.4 Å². The number of nitrogens with one attached hydrogen (secondary N) is 1. The van der Waals surface area contributed by atoms with Crippen molar-refractivity contribution >= 4 is 11.8 Å². The summed E-state index contributed by atoms with van der Waals surface area (Å²) in [6.07, 6.45) is 3.67. The Labute approximate surface area is 146 Å². The minimum Gasteiger partial charge on any atom is -0.497 e. The van der Waals surface area contributed by atoms with E-state index in [-0.39, 0.29) is 24.2 Å². The molecule has 130 valence electrons. The van der Waals surface area contributed by atoms with Crippen LogP contribution in [0, 0.1) is 5.92 Å². The van der Waals surface area contributed by atoms with Gasteiger partial charge in [-0.25, -0.2) is 0 Å². The van der Waals surface area contributed by atoms with E-state index in [4.69, 9.17) is 4.74 Å². The van der Waals surface area contributed by atoms with Gasteiger partial charge >= 0.3 is 0 Å². The van der Waals surface area contributed by atoms with Gasteiger partial charge in [0.05, 0.1) is 13.0 Å². The highest BCUT2D eigenvalue weighted by Crippen LogP contribution is 2.21. The van der Waals surface area contributed by atoms with Crippen LogP contribution in [0.1, 0.15) is 17.5 Å². The molecule has 0 spiro atoms. The molecule has 1 aromatic carbocycles. The molecule has 1 aromatic heterocycles. The van der Waals surface area contributed by atoms with Gasteiger partial charge in [-0.3, -0.25) is 14.6 Å². The summed E-state index contributed by atoms with van der Waals surface area (Å²) in [5, 5.41) is 2.89. The SMILES string of the molecule is COc1ccc(CN2C[C@H](C(=O)NCc3cccnc3)CC2=O)cc1. The Morgan fingerprint density at radius 1 is 1.28 bits per heavy atom. The number of amides is 2. The van der Waals surface area contributed by atoms with Gasteiger partial charge < -0.3 is 15.0 Å². The van der Waals surface area contributed by atoms with Gasteiger partial charge in [0.15, 0.2) is 0 Å². The van der Waals surface area contributed by atoms with Crippen LogP contribution >= 0.6 is 0 Å². The molecule has 0 aliphatic carbocycles. The molecule has 1 N–H and O–H groups in total. The summed E-state index contributed by atoms with van der Waals surface area (Å²) in [5.74, 6) is 0.401. The Hall–Kier alpha value is -2.89. The van der Waals surface area contributed by atoms with Gasteiger partial charge in [0.25, 0.3) is 0 Å². The van der Waals surface area contributed by atoms with Crippen LogP contribution in [0.15, 0.2) is 48.8 Å². The number of benzene rings is 1. The summed E-state index contributed by atoms with van der Waals surface area (Å²) in [5.41, 5.74) is 1.96. The maximum absolute atomic E-state index is 12.3. The van der Waals surface area contributed by atoms with Gasteiger partial charge in [0.2, 0.25) is 11.8 Å². The van der Waals surface area contributed by atoms with Gasteiger partial charge in [-0.1, -0.05) is 18.2 Å². The number of rotatable bonds is 6. The normalized spacial score (nSPS) is 16.8. The van der Waals surface area contributed by atoms with E-state index >= 15 is 0 Å². The van der Waals surface area contributed by atoms with E-state index in [2.05, 4.69) is 10.3 Å². The number of carbonyl (C=O) groups excluding carboxylic acids is 2. The van der Waals surface area contributed by atoms with Crippen molar-refractivity contribution in [2.45, 2.75) is 19.5 Å². The molecule has 1 aliphatic rings. The van der Waals surface area contributed by atoms with Crippen LogP contribution in [0.25, 0.3) is 0 Å². The van der Waals surface area contributed by atoms with Gasteiger partial charge in [-0.2, -0.15) is 0 Å². The number of aromatic nitrogens is 1. The number of hydrogen-bond acceptors (Lipinski definition) is 4. The van der Waals surface area contributed by atoms with E-state index in [9.17, 15) is 9.59 Å². The zero-order valence-electron chi connectivity index (χ0n) is 14.1. The monoisotopic (exact) mass is 339 g/mol. The van der Waals surface area contributed by atoms with Crippen molar-refractivity contribution in [2.75, 3.05) is 13.7 Å². The molecule has 0 bridgehead atoms. The summed E-state index contributed by atoms with van der Waals surface area (Å²) in [4.78, 5) is 30.3. The van der Waals surface area contributed by atoms with Crippen LogP contribution in [0.4, 0.5) is 0 Å². The first kappa shape index (κ1) is 17.0. The zero-order chi connectivity index (χ0) is 17.6. The minimum atomic E-state index is -0.303. The van der Waals surface area contributed by atoms with Crippen molar-refractivity contribution in [3.05, 3.63) is 59.9 Å². The highest BCUT2D eigenvalue weighted by Gasteiger charge is 2.34. The summed E-state index contributed by atoms with van der Waals surface area (Å²) in [6, 6.07) is 11.3. The lowest BCUT2D eigenvalue weighted by Crippen LogP contribution is -2.32. The van der Waals surface area contributed by atoms with Crippen molar-refractivity contribution < 1.29 is 14.3 Å². The molecule has 2 aromatic rings. The zero-order valence-corrected chi connectivity index (χ0v) is 14.1. The molecule has 1 aliphatic heterocycles. The summed E-state index contributed by atoms with van der Waals surface area (Å²) < 4.78 is 5.13. The van der Waals surface area contributed by atoms with Gasteiger partial charge in [-0.05, 0) is 29.3 Å². The number of hydrogen-bond donors (Lipinski definition) is 1. The van der Waals surface area contributed by atoms with Crippen LogP contribution in [-0.2, 0) is 22.7 Å². The molecule has 25 heavy (non-hydrogen) atoms. The lowest BCUT2D eigenvalue weighted by Gasteiger charge is -2.17. The maximum atomic E-state index is 12.3. The number of ether oxygens (including phenoxy) is 1. The molecule has 0 unspecified atom stereocenters. The van der Waals surface area contributed by atoms with E-state index in [1.165, 1.54) is 0 Å². The van der Waals surface area contributed by atoms with Crippen molar-refractivity contribution in [2.24, 2.45) is 5.92 Å². The Morgan fingerprint density at radius 3 is 2.76 bits per heavy atom. The Kier molecular flexibility index (Phi) is 5.28. The molecule has 6 nitrogen and oxygen atoms in total. The predicted octanol–water partition coefficient (Wildman–Crippen LogP) is 1.76. The van der Waals surface area contributed by atoms with Crippen LogP contribution in [0.2, 0.25) is 0 Å². The molecule has 1 atom stereocenters. The second-order valence-electron chi connectivity index (χ2n) is 6.10. The second kappa shape index (κ2) is 7.79. The Balaban J connectivity index is 1.53. The van der Waals surface area contributed by atoms with Gasteiger partial charge in [-0.15, -0.1) is 0 Å². The minimum absolute atomic E-state index is 0.0114. The summed E-state index contributed by atoms with van der Waals surface area (Å²) in [7, 11) is 1.62. The van der Waals surface area contributed by atoms with Crippen LogP contribution in [0.5, 0.6) is 5.75 Å². The lowest BCUT2D eigenvalue weighted by molar-refractivity contribution is -0.129. The highest BCUT2D eigenvalue weighted by molar-refractivity contribution is 5.89. The van der Waals surface area contributed by atoms with Crippen molar-refractivity contribution in [1.29, 1.82) is 0 Å². The topological polar surface area (TPSA) is 71.5 Å². The average molecular weight is 339 g/mol. The number of methoxy groups -OCH3 is 1. The fourth-order valence-electron chi connectivity index (χ4n) is 2.89. The third-order valence-corrected chi connectivity index (χ3v) is 4.31. The quantitative estimate of drug-likeness (QED) is 0.870. The summed E-state index contributed by atoms with van der Waals surface area (Å²) >= 11 is 0. The van der Waals surface area contributed by atoms with E-state index in [1.54, 1.807) is 24.4 Å². The summed E-state index contributed by atoms with van der Waals surface area (Å²) in [6.45, 7) is 1.38. The van der Waals surface area contributed by atoms with Crippen molar-refractivity contribution in [1.82, 2.24) is 15.2 Å². The third-order valence-electron chi connectivity index (χ3n) is 4.31. The standard InChI is InChI=1S/C19H21N3O3/c1-25-17-6-4-14(5-7-17)12-22-13-16(9-18(22)23)19(24)21-11-15-3-2-8-20-10-15/h2-8,10,16H,9,11-13H2,1H3,(H,21,24)/t16-/m1/s1. The molecule has 0 saturated carbocycles. The predicted molar refractivity (Wildman–Crippen MR) is 92.6 cm³/mol. The molecule has 2 amide bonds. The fraction of sp³-hybridized carbons (Fsp3) is 0.316.